The predicted molar refractivity (Wildman–Crippen MR) is 84.8 cm³/mol. The highest BCUT2D eigenvalue weighted by Crippen LogP contribution is 2.30. The Morgan fingerprint density at radius 3 is 2.70 bits per heavy atom. The zero-order valence-corrected chi connectivity index (χ0v) is 13.4. The number of amides is 1. The van der Waals surface area contributed by atoms with Crippen LogP contribution in [0, 0.1) is 5.82 Å². The van der Waals surface area contributed by atoms with Gasteiger partial charge in [-0.25, -0.2) is 4.39 Å². The summed E-state index contributed by atoms with van der Waals surface area (Å²) in [5.41, 5.74) is 0.939. The molecule has 0 saturated carbocycles. The van der Waals surface area contributed by atoms with Crippen LogP contribution in [0.4, 0.5) is 15.8 Å². The largest absolute Gasteiger partial charge is 0.378 e. The van der Waals surface area contributed by atoms with Gasteiger partial charge in [-0.05, 0) is 53.2 Å². The quantitative estimate of drug-likeness (QED) is 0.827. The standard InChI is InChI=1S/C14H14BrFN2OS/c1-8(13-5-6-14(15)20-13)17-10-3-4-11(16)12(7-10)18-9(2)19/h3-8,17H,1-2H3,(H,18,19). The maximum Gasteiger partial charge on any atom is 0.221 e. The van der Waals surface area contributed by atoms with Crippen LogP contribution in [0.2, 0.25) is 0 Å². The van der Waals surface area contributed by atoms with Gasteiger partial charge in [0.25, 0.3) is 0 Å². The van der Waals surface area contributed by atoms with E-state index >= 15 is 0 Å². The van der Waals surface area contributed by atoms with Crippen molar-refractivity contribution >= 4 is 44.5 Å². The average molecular weight is 357 g/mol. The van der Waals surface area contributed by atoms with Crippen molar-refractivity contribution in [2.45, 2.75) is 19.9 Å². The molecule has 1 aromatic carbocycles. The van der Waals surface area contributed by atoms with Gasteiger partial charge < -0.3 is 10.6 Å². The Morgan fingerprint density at radius 2 is 2.10 bits per heavy atom. The van der Waals surface area contributed by atoms with Crippen LogP contribution in [-0.2, 0) is 4.79 Å². The summed E-state index contributed by atoms with van der Waals surface area (Å²) in [6, 6.07) is 8.71. The summed E-state index contributed by atoms with van der Waals surface area (Å²) in [6.45, 7) is 3.38. The van der Waals surface area contributed by atoms with E-state index in [0.717, 1.165) is 9.47 Å². The highest BCUT2D eigenvalue weighted by Gasteiger charge is 2.10. The molecule has 1 atom stereocenters. The monoisotopic (exact) mass is 356 g/mol. The molecule has 6 heteroatoms. The third kappa shape index (κ3) is 3.80. The lowest BCUT2D eigenvalue weighted by Gasteiger charge is -2.15. The van der Waals surface area contributed by atoms with E-state index in [0.29, 0.717) is 0 Å². The molecule has 0 saturated heterocycles. The number of nitrogens with one attached hydrogen (secondary N) is 2. The molecule has 1 unspecified atom stereocenters. The zero-order valence-electron chi connectivity index (χ0n) is 11.0. The van der Waals surface area contributed by atoms with Crippen LogP contribution < -0.4 is 10.6 Å². The lowest BCUT2D eigenvalue weighted by atomic mass is 10.2. The molecule has 2 rings (SSSR count). The first-order valence-corrected chi connectivity index (χ1v) is 7.65. The molecule has 0 fully saturated rings. The molecule has 1 aromatic heterocycles. The minimum atomic E-state index is -0.447. The number of hydrogen-bond acceptors (Lipinski definition) is 3. The molecular formula is C14H14BrFN2OS. The second-order valence-electron chi connectivity index (χ2n) is 4.38. The van der Waals surface area contributed by atoms with Crippen molar-refractivity contribution < 1.29 is 9.18 Å². The summed E-state index contributed by atoms with van der Waals surface area (Å²) in [4.78, 5) is 12.2. The number of rotatable bonds is 4. The molecule has 2 N–H and O–H groups in total. The summed E-state index contributed by atoms with van der Waals surface area (Å²) in [5, 5.41) is 5.76. The molecule has 0 spiro atoms. The van der Waals surface area contributed by atoms with Crippen LogP contribution in [-0.4, -0.2) is 5.91 Å². The fourth-order valence-electron chi connectivity index (χ4n) is 1.78. The lowest BCUT2D eigenvalue weighted by Crippen LogP contribution is -2.09. The molecule has 3 nitrogen and oxygen atoms in total. The molecule has 106 valence electrons. The number of halogens is 2. The summed E-state index contributed by atoms with van der Waals surface area (Å²) in [6.07, 6.45) is 0. The first kappa shape index (κ1) is 15.0. The van der Waals surface area contributed by atoms with Crippen molar-refractivity contribution in [1.82, 2.24) is 0 Å². The average Bonchev–Trinajstić information content (AvgIpc) is 2.79. The molecule has 0 aliphatic heterocycles. The van der Waals surface area contributed by atoms with E-state index in [1.54, 1.807) is 23.5 Å². The SMILES string of the molecule is CC(=O)Nc1cc(NC(C)c2ccc(Br)s2)ccc1F. The zero-order chi connectivity index (χ0) is 14.7. The van der Waals surface area contributed by atoms with Crippen molar-refractivity contribution in [2.75, 3.05) is 10.6 Å². The summed E-state index contributed by atoms with van der Waals surface area (Å²) >= 11 is 5.07. The molecule has 20 heavy (non-hydrogen) atoms. The van der Waals surface area contributed by atoms with E-state index < -0.39 is 5.82 Å². The van der Waals surface area contributed by atoms with Crippen LogP contribution in [0.5, 0.6) is 0 Å². The van der Waals surface area contributed by atoms with E-state index in [9.17, 15) is 9.18 Å². The summed E-state index contributed by atoms with van der Waals surface area (Å²) in [7, 11) is 0. The Balaban J connectivity index is 2.15. The number of benzene rings is 1. The Hall–Kier alpha value is -1.40. The van der Waals surface area contributed by atoms with Crippen LogP contribution in [0.15, 0.2) is 34.1 Å². The van der Waals surface area contributed by atoms with Crippen molar-refractivity contribution in [3.63, 3.8) is 0 Å². The van der Waals surface area contributed by atoms with Crippen molar-refractivity contribution in [3.05, 3.63) is 44.8 Å². The van der Waals surface area contributed by atoms with Gasteiger partial charge >= 0.3 is 0 Å². The summed E-state index contributed by atoms with van der Waals surface area (Å²) < 4.78 is 14.6. The summed E-state index contributed by atoms with van der Waals surface area (Å²) in [5.74, 6) is -0.742. The molecule has 0 bridgehead atoms. The molecule has 0 aliphatic carbocycles. The Labute approximate surface area is 129 Å². The minimum Gasteiger partial charge on any atom is -0.378 e. The van der Waals surface area contributed by atoms with E-state index in [4.69, 9.17) is 0 Å². The normalized spacial score (nSPS) is 12.0. The fourth-order valence-corrected chi connectivity index (χ4v) is 3.21. The highest BCUT2D eigenvalue weighted by atomic mass is 79.9. The molecular weight excluding hydrogens is 343 g/mol. The number of thiophene rings is 1. The number of hydrogen-bond donors (Lipinski definition) is 2. The van der Waals surface area contributed by atoms with Crippen LogP contribution >= 0.6 is 27.3 Å². The Bertz CT molecular complexity index is 629. The van der Waals surface area contributed by atoms with Gasteiger partial charge in [0.1, 0.15) is 5.82 Å². The van der Waals surface area contributed by atoms with Gasteiger partial charge in [0.2, 0.25) is 5.91 Å². The number of carbonyl (C=O) groups excluding carboxylic acids is 1. The second-order valence-corrected chi connectivity index (χ2v) is 6.88. The van der Waals surface area contributed by atoms with Gasteiger partial charge in [-0.1, -0.05) is 0 Å². The van der Waals surface area contributed by atoms with Gasteiger partial charge in [-0.3, -0.25) is 4.79 Å². The van der Waals surface area contributed by atoms with Gasteiger partial charge in [0.15, 0.2) is 0 Å². The van der Waals surface area contributed by atoms with E-state index in [1.165, 1.54) is 17.9 Å². The molecule has 1 amide bonds. The third-order valence-electron chi connectivity index (χ3n) is 2.68. The predicted octanol–water partition coefficient (Wildman–Crippen LogP) is 4.78. The van der Waals surface area contributed by atoms with Crippen molar-refractivity contribution in [2.24, 2.45) is 0 Å². The minimum absolute atomic E-state index is 0.0990. The Kier molecular flexibility index (Phi) is 4.77. The van der Waals surface area contributed by atoms with Crippen molar-refractivity contribution in [1.29, 1.82) is 0 Å². The van der Waals surface area contributed by atoms with Gasteiger partial charge in [-0.2, -0.15) is 0 Å². The first-order valence-electron chi connectivity index (χ1n) is 6.04. The van der Waals surface area contributed by atoms with Gasteiger partial charge in [0.05, 0.1) is 15.5 Å². The molecule has 2 aromatic rings. The molecule has 1 heterocycles. The van der Waals surface area contributed by atoms with E-state index in [2.05, 4.69) is 26.6 Å². The van der Waals surface area contributed by atoms with E-state index in [-0.39, 0.29) is 17.6 Å². The van der Waals surface area contributed by atoms with Gasteiger partial charge in [-0.15, -0.1) is 11.3 Å². The first-order chi connectivity index (χ1) is 9.45. The fraction of sp³-hybridized carbons (Fsp3) is 0.214. The Morgan fingerprint density at radius 1 is 1.35 bits per heavy atom. The second kappa shape index (κ2) is 6.37. The molecule has 0 aliphatic rings. The van der Waals surface area contributed by atoms with Crippen LogP contribution in [0.3, 0.4) is 0 Å². The van der Waals surface area contributed by atoms with Crippen molar-refractivity contribution in [3.8, 4) is 0 Å². The van der Waals surface area contributed by atoms with Crippen LogP contribution in [0.1, 0.15) is 24.8 Å². The smallest absolute Gasteiger partial charge is 0.221 e. The highest BCUT2D eigenvalue weighted by molar-refractivity contribution is 9.11. The molecule has 0 radical (unpaired) electrons. The van der Waals surface area contributed by atoms with Crippen LogP contribution in [0.25, 0.3) is 0 Å². The maximum atomic E-state index is 13.5. The number of anilines is 2. The maximum absolute atomic E-state index is 13.5. The number of carbonyl (C=O) groups is 1. The topological polar surface area (TPSA) is 41.1 Å². The van der Waals surface area contributed by atoms with E-state index in [1.807, 2.05) is 19.1 Å². The van der Waals surface area contributed by atoms with Gasteiger partial charge in [0, 0.05) is 17.5 Å². The third-order valence-corrected chi connectivity index (χ3v) is 4.49. The lowest BCUT2D eigenvalue weighted by molar-refractivity contribution is -0.114.